The molecule has 12 bridgehead atoms. The van der Waals surface area contributed by atoms with Gasteiger partial charge in [-0.3, -0.25) is 0 Å². The van der Waals surface area contributed by atoms with E-state index in [9.17, 15) is 0 Å². The lowest BCUT2D eigenvalue weighted by Gasteiger charge is -2.17. The Bertz CT molecular complexity index is 1960. The molecule has 0 N–H and O–H groups in total. The summed E-state index contributed by atoms with van der Waals surface area (Å²) in [6, 6.07) is 54.4. The molecule has 0 amide bonds. The summed E-state index contributed by atoms with van der Waals surface area (Å²) in [5.74, 6) is 0. The van der Waals surface area contributed by atoms with E-state index in [1.54, 1.807) is 0 Å². The molecule has 1 heterocycles. The molecule has 50 heavy (non-hydrogen) atoms. The number of benzene rings is 6. The summed E-state index contributed by atoms with van der Waals surface area (Å²) in [5.41, 5.74) is 19.0. The summed E-state index contributed by atoms with van der Waals surface area (Å²) in [6.45, 7) is 0. The minimum Gasteiger partial charge on any atom is -0.243 e. The van der Waals surface area contributed by atoms with Crippen molar-refractivity contribution in [2.45, 2.75) is 51.4 Å². The molecule has 0 spiro atoms. The molecule has 0 atom stereocenters. The summed E-state index contributed by atoms with van der Waals surface area (Å²) in [5, 5.41) is 0. The Morgan fingerprint density at radius 1 is 0.240 bits per heavy atom. The minimum absolute atomic E-state index is 0.921. The second-order valence-corrected chi connectivity index (χ2v) is 14.0. The van der Waals surface area contributed by atoms with Crippen molar-refractivity contribution in [3.05, 3.63) is 190 Å². The molecule has 6 aliphatic carbocycles. The van der Waals surface area contributed by atoms with Crippen LogP contribution >= 0.6 is 0 Å². The molecule has 7 aromatic rings. The highest BCUT2D eigenvalue weighted by Crippen LogP contribution is 2.38. The number of hydrogen-bond donors (Lipinski definition) is 0. The average molecular weight is 645 g/mol. The zero-order valence-corrected chi connectivity index (χ0v) is 28.4. The fraction of sp³-hybridized carbons (Fsp3) is 0.167. The molecule has 0 saturated carbocycles. The number of hydrogen-bond acceptors (Lipinski definition) is 2. The third-order valence-corrected chi connectivity index (χ3v) is 10.6. The Morgan fingerprint density at radius 2 is 0.460 bits per heavy atom. The Balaban J connectivity index is 1.20. The van der Waals surface area contributed by atoms with Crippen LogP contribution in [-0.2, 0) is 51.4 Å². The van der Waals surface area contributed by atoms with Crippen molar-refractivity contribution in [3.63, 3.8) is 0 Å². The second-order valence-electron chi connectivity index (χ2n) is 14.0. The minimum atomic E-state index is 0.921. The van der Waals surface area contributed by atoms with Crippen LogP contribution in [0, 0.1) is 0 Å². The van der Waals surface area contributed by atoms with Gasteiger partial charge in [0.25, 0.3) is 0 Å². The quantitative estimate of drug-likeness (QED) is 0.164. The van der Waals surface area contributed by atoms with Gasteiger partial charge in [-0.2, -0.15) is 0 Å². The van der Waals surface area contributed by atoms with Crippen LogP contribution < -0.4 is 0 Å². The molecular formula is C48H40N2. The van der Waals surface area contributed by atoms with Crippen molar-refractivity contribution >= 4 is 0 Å². The molecule has 0 fully saturated rings. The van der Waals surface area contributed by atoms with Gasteiger partial charge in [-0.1, -0.05) is 146 Å². The Morgan fingerprint density at radius 3 is 0.700 bits per heavy atom. The largest absolute Gasteiger partial charge is 0.243 e. The summed E-state index contributed by atoms with van der Waals surface area (Å²) >= 11 is 0. The lowest BCUT2D eigenvalue weighted by Crippen LogP contribution is -2.02. The van der Waals surface area contributed by atoms with E-state index >= 15 is 0 Å². The Hall–Kier alpha value is -5.60. The van der Waals surface area contributed by atoms with Crippen LogP contribution in [0.2, 0.25) is 0 Å². The van der Waals surface area contributed by atoms with E-state index in [1.165, 1.54) is 44.5 Å². The molecule has 0 aliphatic heterocycles. The summed E-state index contributed by atoms with van der Waals surface area (Å²) in [4.78, 5) is 11.1. The molecule has 242 valence electrons. The molecule has 2 nitrogen and oxygen atoms in total. The molecule has 0 saturated heterocycles. The predicted octanol–water partition coefficient (Wildman–Crippen LogP) is 10.9. The van der Waals surface area contributed by atoms with Crippen LogP contribution in [0.1, 0.15) is 44.5 Å². The van der Waals surface area contributed by atoms with Gasteiger partial charge in [-0.15, -0.1) is 0 Å². The predicted molar refractivity (Wildman–Crippen MR) is 206 cm³/mol. The summed E-state index contributed by atoms with van der Waals surface area (Å²) < 4.78 is 0. The van der Waals surface area contributed by atoms with Gasteiger partial charge < -0.3 is 0 Å². The zero-order valence-electron chi connectivity index (χ0n) is 28.4. The third kappa shape index (κ3) is 6.42. The van der Waals surface area contributed by atoms with Gasteiger partial charge >= 0.3 is 0 Å². The van der Waals surface area contributed by atoms with Crippen LogP contribution in [0.4, 0.5) is 0 Å². The van der Waals surface area contributed by atoms with E-state index in [4.69, 9.17) is 9.97 Å². The van der Waals surface area contributed by atoms with Gasteiger partial charge in [-0.25, -0.2) is 9.97 Å². The molecule has 0 radical (unpaired) electrons. The molecule has 6 aliphatic rings. The van der Waals surface area contributed by atoms with E-state index < -0.39 is 0 Å². The first-order chi connectivity index (χ1) is 24.7. The van der Waals surface area contributed by atoms with Crippen LogP contribution in [0.3, 0.4) is 0 Å². The smallest absolute Gasteiger partial charge is 0.0973 e. The molecule has 1 aromatic heterocycles. The first kappa shape index (κ1) is 30.5. The topological polar surface area (TPSA) is 25.8 Å². The fourth-order valence-electron chi connectivity index (χ4n) is 7.59. The molecule has 2 heteroatoms. The number of fused-ring (bicyclic) bond motifs is 4. The van der Waals surface area contributed by atoms with Crippen molar-refractivity contribution in [2.24, 2.45) is 0 Å². The van der Waals surface area contributed by atoms with E-state index in [2.05, 4.69) is 146 Å². The highest BCUT2D eigenvalue weighted by atomic mass is 14.9. The van der Waals surface area contributed by atoms with Crippen molar-refractivity contribution in [1.82, 2.24) is 9.97 Å². The van der Waals surface area contributed by atoms with Crippen LogP contribution in [0.25, 0.3) is 45.0 Å². The normalized spacial score (nSPS) is 13.8. The highest BCUT2D eigenvalue weighted by Gasteiger charge is 2.20. The highest BCUT2D eigenvalue weighted by molar-refractivity contribution is 5.86. The van der Waals surface area contributed by atoms with Crippen molar-refractivity contribution < 1.29 is 0 Å². The van der Waals surface area contributed by atoms with Gasteiger partial charge in [-0.05, 0) is 95.9 Å². The van der Waals surface area contributed by atoms with Crippen molar-refractivity contribution in [1.29, 1.82) is 0 Å². The lowest BCUT2D eigenvalue weighted by atomic mass is 9.96. The van der Waals surface area contributed by atoms with E-state index in [0.717, 1.165) is 96.4 Å². The molecule has 6 aromatic carbocycles. The van der Waals surface area contributed by atoms with Crippen LogP contribution in [0.5, 0.6) is 0 Å². The summed E-state index contributed by atoms with van der Waals surface area (Å²) in [6.07, 6.45) is 8.18. The lowest BCUT2D eigenvalue weighted by molar-refractivity contribution is 0.931. The molecule has 13 rings (SSSR count). The number of rotatable bonds is 0. The van der Waals surface area contributed by atoms with Gasteiger partial charge in [0.2, 0.25) is 0 Å². The monoisotopic (exact) mass is 644 g/mol. The first-order valence-electron chi connectivity index (χ1n) is 18.2. The maximum absolute atomic E-state index is 5.56. The third-order valence-electron chi connectivity index (χ3n) is 10.6. The SMILES string of the molecule is c1cc2cc(c1)CCc1ccc(cc1)-c1nc3c(nc1-c1ccc(cc1)CC2)-c1ccc(cc1)CCc1cccc(c1)CCc1ccc-3cc1. The number of aromatic nitrogens is 2. The fourth-order valence-corrected chi connectivity index (χ4v) is 7.59. The van der Waals surface area contributed by atoms with E-state index in [-0.39, 0.29) is 0 Å². The van der Waals surface area contributed by atoms with Crippen LogP contribution in [0.15, 0.2) is 146 Å². The Labute approximate surface area is 295 Å². The average Bonchev–Trinajstić information content (AvgIpc) is 3.18. The maximum Gasteiger partial charge on any atom is 0.0973 e. The standard InChI is InChI=1S/C48H40N2/c1-3-37-11-7-33-15-23-41(24-16-33)45-46(42-25-17-34(18-26-42)8-12-38(4-1)31-37)50-48-44-29-21-36(22-30-44)10-14-40-6-2-5-39(32-40)13-9-35-19-27-43(28-20-35)47(48)49-45/h1-6,15-32H,7-14H2. The maximum atomic E-state index is 5.56. The van der Waals surface area contributed by atoms with E-state index in [0.29, 0.717) is 0 Å². The van der Waals surface area contributed by atoms with Gasteiger partial charge in [0, 0.05) is 22.3 Å². The van der Waals surface area contributed by atoms with Crippen molar-refractivity contribution in [2.75, 3.05) is 0 Å². The van der Waals surface area contributed by atoms with Crippen molar-refractivity contribution in [3.8, 4) is 45.0 Å². The zero-order chi connectivity index (χ0) is 33.3. The first-order valence-corrected chi connectivity index (χ1v) is 18.2. The van der Waals surface area contributed by atoms with Gasteiger partial charge in [0.05, 0.1) is 22.8 Å². The Kier molecular flexibility index (Phi) is 8.14. The molecule has 0 unspecified atom stereocenters. The molecular weight excluding hydrogens is 605 g/mol. The number of aryl methyl sites for hydroxylation is 8. The van der Waals surface area contributed by atoms with E-state index in [1.807, 2.05) is 0 Å². The van der Waals surface area contributed by atoms with Gasteiger partial charge in [0.15, 0.2) is 0 Å². The number of nitrogens with zero attached hydrogens (tertiary/aromatic N) is 2. The van der Waals surface area contributed by atoms with Gasteiger partial charge in [0.1, 0.15) is 0 Å². The van der Waals surface area contributed by atoms with Crippen LogP contribution in [-0.4, -0.2) is 9.97 Å². The summed E-state index contributed by atoms with van der Waals surface area (Å²) in [7, 11) is 0. The second kappa shape index (κ2) is 13.4.